The van der Waals surface area contributed by atoms with E-state index in [0.29, 0.717) is 5.69 Å². The first-order valence-corrected chi connectivity index (χ1v) is 11.2. The molecule has 8 nitrogen and oxygen atoms in total. The maximum atomic E-state index is 13.8. The van der Waals surface area contributed by atoms with E-state index in [1.54, 1.807) is 5.32 Å². The standard InChI is InChI=1S/C23H27N3O5/c1-12-6-5-9-14-19(12)24-22(31)23(14)18-17(15(25-23)10-11-16(27)28)20(29)26(21(18)30)13-7-3-2-4-8-13/h5-6,9,13,15,17-18,25H,2-4,7-8,10-11H2,1H3,(H,24,31)(H,27,28)/t15-,17+,18-,23-/m0/s1. The zero-order chi connectivity index (χ0) is 21.9. The summed E-state index contributed by atoms with van der Waals surface area (Å²) in [5, 5.41) is 15.9. The summed E-state index contributed by atoms with van der Waals surface area (Å²) in [5.41, 5.74) is 1.07. The molecule has 3 fully saturated rings. The van der Waals surface area contributed by atoms with Gasteiger partial charge in [0.25, 0.3) is 5.91 Å². The van der Waals surface area contributed by atoms with Crippen molar-refractivity contribution in [2.45, 2.75) is 69.5 Å². The predicted molar refractivity (Wildman–Crippen MR) is 107 cm³/mol. The number of carbonyl (C=O) groups is 4. The fraction of sp³-hybridized carbons (Fsp3) is 0.565. The maximum Gasteiger partial charge on any atom is 0.291 e. The number of rotatable bonds is 4. The molecule has 0 radical (unpaired) electrons. The number of aryl methyl sites for hydroxylation is 1. The van der Waals surface area contributed by atoms with Gasteiger partial charge in [-0.3, -0.25) is 19.3 Å². The van der Waals surface area contributed by atoms with Crippen LogP contribution in [0, 0.1) is 18.8 Å². The molecule has 3 N–H and O–H groups in total. The number of nitrogens with one attached hydrogen (secondary N) is 1. The number of hydrogen-bond donors (Lipinski definition) is 2. The summed E-state index contributed by atoms with van der Waals surface area (Å²) in [6.07, 6.45) is 4.60. The number of likely N-dealkylation sites (tertiary alicyclic amines) is 1. The smallest absolute Gasteiger partial charge is 0.291 e. The molecule has 5 rings (SSSR count). The van der Waals surface area contributed by atoms with Gasteiger partial charge in [-0.2, -0.15) is 0 Å². The number of nitrogens with zero attached hydrogens (tertiary/aromatic N) is 1. The number of aliphatic carboxylic acids is 1. The minimum absolute atomic E-state index is 0.125. The second-order valence-electron chi connectivity index (χ2n) is 9.40. The molecule has 0 aromatic heterocycles. The van der Waals surface area contributed by atoms with Crippen molar-refractivity contribution in [3.8, 4) is 0 Å². The number of quaternary nitrogens is 1. The summed E-state index contributed by atoms with van der Waals surface area (Å²) >= 11 is 0. The molecule has 4 aliphatic rings. The molecule has 3 aliphatic heterocycles. The van der Waals surface area contributed by atoms with Crippen LogP contribution in [0.5, 0.6) is 0 Å². The van der Waals surface area contributed by atoms with Crippen LogP contribution in [0.3, 0.4) is 0 Å². The Labute approximate surface area is 180 Å². The number of carboxylic acids is 1. The van der Waals surface area contributed by atoms with E-state index in [-0.39, 0.29) is 36.6 Å². The summed E-state index contributed by atoms with van der Waals surface area (Å²) in [6.45, 7) is 1.90. The molecule has 1 aromatic carbocycles. The zero-order valence-electron chi connectivity index (χ0n) is 17.6. The van der Waals surface area contributed by atoms with E-state index < -0.39 is 29.4 Å². The summed E-state index contributed by atoms with van der Waals surface area (Å²) in [6, 6.07) is 5.00. The van der Waals surface area contributed by atoms with Gasteiger partial charge in [0.1, 0.15) is 17.9 Å². The molecule has 1 saturated carbocycles. The van der Waals surface area contributed by atoms with Crippen molar-refractivity contribution < 1.29 is 29.6 Å². The molecular formula is C23H27N3O5. The van der Waals surface area contributed by atoms with Gasteiger partial charge < -0.3 is 20.5 Å². The lowest BCUT2D eigenvalue weighted by molar-refractivity contribution is -0.734. The van der Waals surface area contributed by atoms with Gasteiger partial charge in [-0.1, -0.05) is 37.5 Å². The van der Waals surface area contributed by atoms with Gasteiger partial charge in [-0.25, -0.2) is 0 Å². The van der Waals surface area contributed by atoms with E-state index in [4.69, 9.17) is 0 Å². The van der Waals surface area contributed by atoms with Gasteiger partial charge in [0, 0.05) is 24.0 Å². The topological polar surface area (TPSA) is 123 Å². The van der Waals surface area contributed by atoms with Crippen LogP contribution in [0.4, 0.5) is 5.69 Å². The van der Waals surface area contributed by atoms with E-state index in [9.17, 15) is 24.3 Å². The molecule has 1 spiro atoms. The maximum absolute atomic E-state index is 13.8. The number of benzene rings is 1. The first-order valence-electron chi connectivity index (χ1n) is 11.2. The Kier molecular flexibility index (Phi) is 4.66. The van der Waals surface area contributed by atoms with Crippen LogP contribution >= 0.6 is 0 Å². The fourth-order valence-electron chi connectivity index (χ4n) is 6.41. The predicted octanol–water partition coefficient (Wildman–Crippen LogP) is -0.448. The van der Waals surface area contributed by atoms with Crippen LogP contribution in [0.25, 0.3) is 0 Å². The van der Waals surface area contributed by atoms with Crippen molar-refractivity contribution in [2.24, 2.45) is 11.8 Å². The van der Waals surface area contributed by atoms with Crippen LogP contribution in [-0.2, 0) is 24.7 Å². The van der Waals surface area contributed by atoms with E-state index in [1.807, 2.05) is 25.1 Å². The Bertz CT molecular complexity index is 985. The van der Waals surface area contributed by atoms with E-state index in [0.717, 1.165) is 43.2 Å². The fourth-order valence-corrected chi connectivity index (χ4v) is 6.41. The van der Waals surface area contributed by atoms with Gasteiger partial charge in [0.15, 0.2) is 0 Å². The lowest BCUT2D eigenvalue weighted by atomic mass is 9.76. The normalized spacial score (nSPS) is 32.5. The zero-order valence-corrected chi connectivity index (χ0v) is 17.6. The van der Waals surface area contributed by atoms with Gasteiger partial charge in [0.2, 0.25) is 17.4 Å². The van der Waals surface area contributed by atoms with E-state index in [1.165, 1.54) is 4.90 Å². The Hall–Kier alpha value is -2.74. The molecule has 1 aliphatic carbocycles. The molecule has 1 aromatic rings. The summed E-state index contributed by atoms with van der Waals surface area (Å²) in [4.78, 5) is 53.3. The Morgan fingerprint density at radius 3 is 2.65 bits per heavy atom. The van der Waals surface area contributed by atoms with E-state index in [2.05, 4.69) is 5.32 Å². The summed E-state index contributed by atoms with van der Waals surface area (Å²) in [7, 11) is 0. The highest BCUT2D eigenvalue weighted by atomic mass is 16.4. The van der Waals surface area contributed by atoms with Crippen LogP contribution in [-0.4, -0.2) is 40.7 Å². The molecule has 3 heterocycles. The lowest BCUT2D eigenvalue weighted by Crippen LogP contribution is -2.99. The highest BCUT2D eigenvalue weighted by molar-refractivity contribution is 6.14. The van der Waals surface area contributed by atoms with Gasteiger partial charge in [-0.05, 0) is 31.7 Å². The number of nitrogens with two attached hydrogens (primary N) is 1. The van der Waals surface area contributed by atoms with Gasteiger partial charge in [-0.15, -0.1) is 0 Å². The highest BCUT2D eigenvalue weighted by Gasteiger charge is 2.74. The SMILES string of the molecule is Cc1cccc2c1NC(=O)[C@]21[NH2+][C@@H](CCC(=O)[O-])[C@H]2C(=O)N(C3CCCCC3)C(=O)[C@H]21. The first-order chi connectivity index (χ1) is 14.9. The number of hydrogen-bond acceptors (Lipinski definition) is 5. The van der Waals surface area contributed by atoms with Crippen LogP contribution in [0.15, 0.2) is 18.2 Å². The third kappa shape index (κ3) is 2.77. The van der Waals surface area contributed by atoms with E-state index >= 15 is 0 Å². The molecule has 0 unspecified atom stereocenters. The summed E-state index contributed by atoms with van der Waals surface area (Å²) in [5.74, 6) is -3.54. The number of carbonyl (C=O) groups excluding carboxylic acids is 4. The minimum Gasteiger partial charge on any atom is -0.550 e. The molecule has 164 valence electrons. The average Bonchev–Trinajstić information content (AvgIpc) is 3.33. The largest absolute Gasteiger partial charge is 0.550 e. The Morgan fingerprint density at radius 2 is 1.94 bits per heavy atom. The van der Waals surface area contributed by atoms with Crippen molar-refractivity contribution in [1.82, 2.24) is 4.90 Å². The van der Waals surface area contributed by atoms with Crippen LogP contribution < -0.4 is 15.7 Å². The van der Waals surface area contributed by atoms with Crippen molar-refractivity contribution in [3.63, 3.8) is 0 Å². The van der Waals surface area contributed by atoms with Crippen molar-refractivity contribution in [3.05, 3.63) is 29.3 Å². The van der Waals surface area contributed by atoms with Crippen LogP contribution in [0.2, 0.25) is 0 Å². The highest BCUT2D eigenvalue weighted by Crippen LogP contribution is 2.51. The summed E-state index contributed by atoms with van der Waals surface area (Å²) < 4.78 is 0. The van der Waals surface area contributed by atoms with Crippen molar-refractivity contribution >= 4 is 29.4 Å². The number of amides is 3. The first kappa shape index (κ1) is 20.2. The lowest BCUT2D eigenvalue weighted by Gasteiger charge is -2.32. The molecular weight excluding hydrogens is 398 g/mol. The molecule has 0 bridgehead atoms. The Morgan fingerprint density at radius 1 is 1.19 bits per heavy atom. The second-order valence-corrected chi connectivity index (χ2v) is 9.40. The third-order valence-electron chi connectivity index (χ3n) is 7.77. The van der Waals surface area contributed by atoms with Crippen LogP contribution in [0.1, 0.15) is 56.1 Å². The Balaban J connectivity index is 1.61. The number of anilines is 1. The quantitative estimate of drug-likeness (QED) is 0.633. The molecule has 2 saturated heterocycles. The minimum atomic E-state index is -1.24. The van der Waals surface area contributed by atoms with Crippen molar-refractivity contribution in [1.29, 1.82) is 0 Å². The monoisotopic (exact) mass is 425 g/mol. The van der Waals surface area contributed by atoms with Gasteiger partial charge in [0.05, 0.1) is 5.69 Å². The molecule has 3 amide bonds. The molecule has 8 heteroatoms. The third-order valence-corrected chi connectivity index (χ3v) is 7.77. The number of carboxylic acid groups (broad SMARTS) is 1. The molecule has 4 atom stereocenters. The number of para-hydroxylation sites is 1. The molecule has 31 heavy (non-hydrogen) atoms. The van der Waals surface area contributed by atoms with Gasteiger partial charge >= 0.3 is 0 Å². The average molecular weight is 425 g/mol. The van der Waals surface area contributed by atoms with Crippen molar-refractivity contribution in [2.75, 3.05) is 5.32 Å². The second kappa shape index (κ2) is 7.15. The number of fused-ring (bicyclic) bond motifs is 4. The number of imide groups is 1.